The fourth-order valence-corrected chi connectivity index (χ4v) is 2.76. The Kier molecular flexibility index (Phi) is 3.98. The first-order valence-electron chi connectivity index (χ1n) is 5.75. The van der Waals surface area contributed by atoms with Crippen LogP contribution in [0.25, 0.3) is 0 Å². The van der Waals surface area contributed by atoms with Gasteiger partial charge in [-0.25, -0.2) is 4.79 Å². The molecule has 18 heavy (non-hydrogen) atoms. The third-order valence-electron chi connectivity index (χ3n) is 3.04. The molecule has 6 heteroatoms. The largest absolute Gasteiger partial charge is 0.480 e. The van der Waals surface area contributed by atoms with Crippen LogP contribution in [-0.4, -0.2) is 47.7 Å². The van der Waals surface area contributed by atoms with Crippen LogP contribution in [0.2, 0.25) is 0 Å². The van der Waals surface area contributed by atoms with E-state index < -0.39 is 12.0 Å². The third-order valence-corrected chi connectivity index (χ3v) is 4.09. The average molecular weight is 269 g/mol. The molecule has 0 aliphatic carbocycles. The molecule has 5 nitrogen and oxygen atoms in total. The molecule has 1 N–H and O–H groups in total. The minimum absolute atomic E-state index is 0.0677. The lowest BCUT2D eigenvalue weighted by atomic mass is 10.1. The van der Waals surface area contributed by atoms with Crippen LogP contribution >= 0.6 is 11.3 Å². The minimum atomic E-state index is -1.01. The zero-order valence-electron chi connectivity index (χ0n) is 10.0. The smallest absolute Gasteiger partial charge is 0.328 e. The SMILES string of the molecule is CC(C(=O)N1CCOCC1C(=O)O)c1cccs1. The topological polar surface area (TPSA) is 66.8 Å². The summed E-state index contributed by atoms with van der Waals surface area (Å²) in [6.07, 6.45) is 0. The van der Waals surface area contributed by atoms with Crippen LogP contribution in [0.4, 0.5) is 0 Å². The fraction of sp³-hybridized carbons (Fsp3) is 0.500. The van der Waals surface area contributed by atoms with Gasteiger partial charge in [0.1, 0.15) is 0 Å². The van der Waals surface area contributed by atoms with Crippen molar-refractivity contribution < 1.29 is 19.4 Å². The first kappa shape index (κ1) is 13.0. The van der Waals surface area contributed by atoms with Crippen LogP contribution in [0.15, 0.2) is 17.5 Å². The molecule has 1 aromatic heterocycles. The molecule has 2 heterocycles. The second-order valence-corrected chi connectivity index (χ2v) is 5.18. The normalized spacial score (nSPS) is 21.6. The molecule has 1 fully saturated rings. The summed E-state index contributed by atoms with van der Waals surface area (Å²) in [4.78, 5) is 25.8. The van der Waals surface area contributed by atoms with Gasteiger partial charge in [0.15, 0.2) is 6.04 Å². The quantitative estimate of drug-likeness (QED) is 0.894. The maximum absolute atomic E-state index is 12.3. The Bertz CT molecular complexity index is 431. The highest BCUT2D eigenvalue weighted by atomic mass is 32.1. The number of hydrogen-bond donors (Lipinski definition) is 1. The Morgan fingerprint density at radius 2 is 2.39 bits per heavy atom. The number of carbonyl (C=O) groups excluding carboxylic acids is 1. The predicted octanol–water partition coefficient (Wildman–Crippen LogP) is 1.16. The number of aliphatic carboxylic acids is 1. The molecule has 1 aliphatic heterocycles. The van der Waals surface area contributed by atoms with Gasteiger partial charge in [0.2, 0.25) is 5.91 Å². The third kappa shape index (κ3) is 2.54. The lowest BCUT2D eigenvalue weighted by Gasteiger charge is -2.34. The van der Waals surface area contributed by atoms with Crippen molar-refractivity contribution in [1.82, 2.24) is 4.90 Å². The summed E-state index contributed by atoms with van der Waals surface area (Å²) >= 11 is 1.51. The van der Waals surface area contributed by atoms with Gasteiger partial charge in [0.05, 0.1) is 19.1 Å². The van der Waals surface area contributed by atoms with Crippen LogP contribution in [0.5, 0.6) is 0 Å². The number of carboxylic acids is 1. The van der Waals surface area contributed by atoms with Gasteiger partial charge < -0.3 is 14.7 Å². The summed E-state index contributed by atoms with van der Waals surface area (Å²) in [7, 11) is 0. The standard InChI is InChI=1S/C12H15NO4S/c1-8(10-3-2-6-18-10)11(14)13-4-5-17-7-9(13)12(15)16/h2-3,6,8-9H,4-5,7H2,1H3,(H,15,16). The highest BCUT2D eigenvalue weighted by molar-refractivity contribution is 7.10. The number of carbonyl (C=O) groups is 2. The van der Waals surface area contributed by atoms with Gasteiger partial charge in [0.25, 0.3) is 0 Å². The second-order valence-electron chi connectivity index (χ2n) is 4.20. The maximum Gasteiger partial charge on any atom is 0.328 e. The summed E-state index contributed by atoms with van der Waals surface area (Å²) < 4.78 is 5.12. The van der Waals surface area contributed by atoms with Crippen molar-refractivity contribution in [1.29, 1.82) is 0 Å². The van der Waals surface area contributed by atoms with E-state index >= 15 is 0 Å². The fourth-order valence-electron chi connectivity index (χ4n) is 1.98. The molecule has 0 radical (unpaired) electrons. The zero-order chi connectivity index (χ0) is 13.1. The molecule has 2 atom stereocenters. The molecule has 0 aromatic carbocycles. The van der Waals surface area contributed by atoms with Gasteiger partial charge in [-0.1, -0.05) is 6.07 Å². The van der Waals surface area contributed by atoms with E-state index in [0.717, 1.165) is 4.88 Å². The predicted molar refractivity (Wildman–Crippen MR) is 66.7 cm³/mol. The van der Waals surface area contributed by atoms with Crippen molar-refractivity contribution in [2.24, 2.45) is 0 Å². The lowest BCUT2D eigenvalue weighted by molar-refractivity contribution is -0.158. The second kappa shape index (κ2) is 5.49. The number of rotatable bonds is 3. The van der Waals surface area contributed by atoms with Crippen molar-refractivity contribution >= 4 is 23.2 Å². The van der Waals surface area contributed by atoms with Crippen molar-refractivity contribution in [3.8, 4) is 0 Å². The van der Waals surface area contributed by atoms with E-state index in [4.69, 9.17) is 9.84 Å². The summed E-state index contributed by atoms with van der Waals surface area (Å²) in [5, 5.41) is 11.0. The Morgan fingerprint density at radius 1 is 1.61 bits per heavy atom. The number of hydrogen-bond acceptors (Lipinski definition) is 4. The summed E-state index contributed by atoms with van der Waals surface area (Å²) in [6.45, 7) is 2.61. The van der Waals surface area contributed by atoms with Gasteiger partial charge in [-0.3, -0.25) is 4.79 Å². The number of amides is 1. The maximum atomic E-state index is 12.3. The van der Waals surface area contributed by atoms with E-state index in [1.807, 2.05) is 24.4 Å². The highest BCUT2D eigenvalue weighted by Crippen LogP contribution is 2.24. The van der Waals surface area contributed by atoms with Crippen molar-refractivity contribution in [2.45, 2.75) is 18.9 Å². The summed E-state index contributed by atoms with van der Waals surface area (Å²) in [5.41, 5.74) is 0. The monoisotopic (exact) mass is 269 g/mol. The number of carboxylic acid groups (broad SMARTS) is 1. The molecule has 2 rings (SSSR count). The molecular formula is C12H15NO4S. The van der Waals surface area contributed by atoms with Crippen molar-refractivity contribution in [3.05, 3.63) is 22.4 Å². The molecule has 0 spiro atoms. The van der Waals surface area contributed by atoms with Crippen LogP contribution in [0, 0.1) is 0 Å². The molecule has 0 bridgehead atoms. The van der Waals surface area contributed by atoms with E-state index in [1.54, 1.807) is 0 Å². The van der Waals surface area contributed by atoms with E-state index in [1.165, 1.54) is 16.2 Å². The lowest BCUT2D eigenvalue weighted by Crippen LogP contribution is -2.53. The van der Waals surface area contributed by atoms with Crippen LogP contribution in [-0.2, 0) is 14.3 Å². The van der Waals surface area contributed by atoms with Crippen LogP contribution < -0.4 is 0 Å². The Balaban J connectivity index is 2.13. The number of nitrogens with zero attached hydrogens (tertiary/aromatic N) is 1. The molecule has 1 saturated heterocycles. The van der Waals surface area contributed by atoms with Crippen LogP contribution in [0.1, 0.15) is 17.7 Å². The van der Waals surface area contributed by atoms with Gasteiger partial charge in [0, 0.05) is 11.4 Å². The van der Waals surface area contributed by atoms with Crippen molar-refractivity contribution in [3.63, 3.8) is 0 Å². The van der Waals surface area contributed by atoms with Gasteiger partial charge in [-0.15, -0.1) is 11.3 Å². The highest BCUT2D eigenvalue weighted by Gasteiger charge is 2.35. The van der Waals surface area contributed by atoms with E-state index in [0.29, 0.717) is 13.2 Å². The zero-order valence-corrected chi connectivity index (χ0v) is 10.9. The molecule has 1 aromatic rings. The Morgan fingerprint density at radius 3 is 3.00 bits per heavy atom. The average Bonchev–Trinajstić information content (AvgIpc) is 2.90. The number of morpholine rings is 1. The van der Waals surface area contributed by atoms with E-state index in [-0.39, 0.29) is 18.4 Å². The van der Waals surface area contributed by atoms with Gasteiger partial charge in [-0.05, 0) is 18.4 Å². The molecule has 0 saturated carbocycles. The first-order valence-corrected chi connectivity index (χ1v) is 6.63. The first-order chi connectivity index (χ1) is 8.61. The van der Waals surface area contributed by atoms with Crippen LogP contribution in [0.3, 0.4) is 0 Å². The molecule has 1 aliphatic rings. The molecule has 2 unspecified atom stereocenters. The number of ether oxygens (including phenoxy) is 1. The molecular weight excluding hydrogens is 254 g/mol. The van der Waals surface area contributed by atoms with Gasteiger partial charge >= 0.3 is 5.97 Å². The molecule has 1 amide bonds. The van der Waals surface area contributed by atoms with E-state index in [9.17, 15) is 9.59 Å². The van der Waals surface area contributed by atoms with E-state index in [2.05, 4.69) is 0 Å². The minimum Gasteiger partial charge on any atom is -0.480 e. The summed E-state index contributed by atoms with van der Waals surface area (Å²) in [6, 6.07) is 2.91. The Hall–Kier alpha value is -1.40. The van der Waals surface area contributed by atoms with Gasteiger partial charge in [-0.2, -0.15) is 0 Å². The Labute approximate surface area is 109 Å². The van der Waals surface area contributed by atoms with Crippen molar-refractivity contribution in [2.75, 3.05) is 19.8 Å². The molecule has 98 valence electrons. The number of thiophene rings is 1. The summed E-state index contributed by atoms with van der Waals surface area (Å²) in [5.74, 6) is -1.46.